The normalized spacial score (nSPS) is 13.3. The number of carbonyl (C=O) groups is 1. The van der Waals surface area contributed by atoms with Crippen molar-refractivity contribution >= 4 is 39.1 Å². The number of allylic oxidation sites excluding steroid dienone is 1. The average Bonchev–Trinajstić information content (AvgIpc) is 3.52. The highest BCUT2D eigenvalue weighted by molar-refractivity contribution is 7.99. The molecule has 0 aliphatic heterocycles. The third-order valence-electron chi connectivity index (χ3n) is 6.60. The van der Waals surface area contributed by atoms with Gasteiger partial charge in [0.05, 0.1) is 16.7 Å². The fourth-order valence-electron chi connectivity index (χ4n) is 4.93. The highest BCUT2D eigenvalue weighted by Gasteiger charge is 2.31. The number of Topliss-reactive ketones (excluding diaryl/α,β-unsaturated/α-hetero) is 1. The SMILES string of the molecule is C=CCn1c(SCC(=O)c2cc(C)n(-c3cccc(C(F)(F)F)c3)c2C)nc2sc3c(c2c1=O)CCC3. The van der Waals surface area contributed by atoms with E-state index in [4.69, 9.17) is 4.98 Å². The third kappa shape index (κ3) is 4.57. The Morgan fingerprint density at radius 2 is 2.03 bits per heavy atom. The number of ketones is 1. The molecule has 10 heteroatoms. The van der Waals surface area contributed by atoms with Crippen LogP contribution in [-0.2, 0) is 25.6 Å². The number of halogens is 3. The van der Waals surface area contributed by atoms with Crippen molar-refractivity contribution in [3.05, 3.63) is 86.3 Å². The fraction of sp³-hybridized carbons (Fsp3) is 0.296. The van der Waals surface area contributed by atoms with E-state index in [0.717, 1.165) is 37.0 Å². The van der Waals surface area contributed by atoms with E-state index in [1.165, 1.54) is 22.7 Å². The van der Waals surface area contributed by atoms with Gasteiger partial charge in [-0.3, -0.25) is 14.2 Å². The molecule has 0 bridgehead atoms. The van der Waals surface area contributed by atoms with Crippen LogP contribution in [0.25, 0.3) is 15.9 Å². The maximum Gasteiger partial charge on any atom is 0.416 e. The number of rotatable bonds is 7. The lowest BCUT2D eigenvalue weighted by molar-refractivity contribution is -0.137. The summed E-state index contributed by atoms with van der Waals surface area (Å²) in [6, 6.07) is 6.73. The van der Waals surface area contributed by atoms with Gasteiger partial charge in [-0.1, -0.05) is 23.9 Å². The van der Waals surface area contributed by atoms with E-state index in [2.05, 4.69) is 6.58 Å². The molecule has 1 aromatic carbocycles. The Labute approximate surface area is 219 Å². The molecule has 0 N–H and O–H groups in total. The van der Waals surface area contributed by atoms with Gasteiger partial charge < -0.3 is 4.57 Å². The smallest absolute Gasteiger partial charge is 0.318 e. The molecular formula is C27H24F3N3O2S2. The van der Waals surface area contributed by atoms with E-state index in [9.17, 15) is 22.8 Å². The van der Waals surface area contributed by atoms with Crippen LogP contribution < -0.4 is 5.56 Å². The van der Waals surface area contributed by atoms with Gasteiger partial charge in [0.2, 0.25) is 0 Å². The molecular weight excluding hydrogens is 519 g/mol. The van der Waals surface area contributed by atoms with E-state index in [1.807, 2.05) is 0 Å². The van der Waals surface area contributed by atoms with Gasteiger partial charge in [-0.15, -0.1) is 17.9 Å². The summed E-state index contributed by atoms with van der Waals surface area (Å²) in [5.41, 5.74) is 2.23. The van der Waals surface area contributed by atoms with Crippen LogP contribution in [0.5, 0.6) is 0 Å². The van der Waals surface area contributed by atoms with Gasteiger partial charge in [-0.05, 0) is 62.9 Å². The van der Waals surface area contributed by atoms with E-state index < -0.39 is 11.7 Å². The maximum atomic E-state index is 13.3. The minimum atomic E-state index is -4.46. The zero-order valence-corrected chi connectivity index (χ0v) is 21.9. The number of thiophene rings is 1. The van der Waals surface area contributed by atoms with Crippen molar-refractivity contribution in [2.45, 2.75) is 51.0 Å². The minimum Gasteiger partial charge on any atom is -0.318 e. The average molecular weight is 544 g/mol. The van der Waals surface area contributed by atoms with Crippen molar-refractivity contribution in [1.29, 1.82) is 0 Å². The number of thioether (sulfide) groups is 1. The predicted molar refractivity (Wildman–Crippen MR) is 141 cm³/mol. The largest absolute Gasteiger partial charge is 0.416 e. The van der Waals surface area contributed by atoms with Crippen LogP contribution in [0, 0.1) is 13.8 Å². The monoisotopic (exact) mass is 543 g/mol. The van der Waals surface area contributed by atoms with Gasteiger partial charge in [0.1, 0.15) is 4.83 Å². The first-order valence-electron chi connectivity index (χ1n) is 11.8. The van der Waals surface area contributed by atoms with Crippen LogP contribution in [0.4, 0.5) is 13.2 Å². The maximum absolute atomic E-state index is 13.3. The summed E-state index contributed by atoms with van der Waals surface area (Å²) in [7, 11) is 0. The summed E-state index contributed by atoms with van der Waals surface area (Å²) < 4.78 is 42.9. The topological polar surface area (TPSA) is 56.9 Å². The van der Waals surface area contributed by atoms with Crippen molar-refractivity contribution in [3.63, 3.8) is 0 Å². The van der Waals surface area contributed by atoms with Crippen LogP contribution in [0.15, 0.2) is 52.9 Å². The van der Waals surface area contributed by atoms with Crippen molar-refractivity contribution in [2.24, 2.45) is 0 Å². The quantitative estimate of drug-likeness (QED) is 0.115. The lowest BCUT2D eigenvalue weighted by Gasteiger charge is -2.13. The minimum absolute atomic E-state index is 0.0348. The van der Waals surface area contributed by atoms with Gasteiger partial charge in [0.15, 0.2) is 10.9 Å². The zero-order chi connectivity index (χ0) is 26.5. The fourth-order valence-corrected chi connectivity index (χ4v) is 7.12. The Hall–Kier alpha value is -3.11. The Balaban J connectivity index is 1.45. The highest BCUT2D eigenvalue weighted by atomic mass is 32.2. The number of aromatic nitrogens is 3. The molecule has 0 amide bonds. The number of aryl methyl sites for hydroxylation is 3. The van der Waals surface area contributed by atoms with Gasteiger partial charge >= 0.3 is 6.18 Å². The summed E-state index contributed by atoms with van der Waals surface area (Å²) in [4.78, 5) is 33.2. The molecule has 4 aromatic rings. The number of hydrogen-bond donors (Lipinski definition) is 0. The lowest BCUT2D eigenvalue weighted by atomic mass is 10.1. The molecule has 0 fully saturated rings. The molecule has 1 aliphatic carbocycles. The number of carbonyl (C=O) groups excluding carboxylic acids is 1. The number of fused-ring (bicyclic) bond motifs is 3. The van der Waals surface area contributed by atoms with Crippen LogP contribution in [0.1, 0.15) is 44.2 Å². The van der Waals surface area contributed by atoms with Gasteiger partial charge in [0, 0.05) is 34.1 Å². The number of hydrogen-bond acceptors (Lipinski definition) is 5. The first-order chi connectivity index (χ1) is 17.6. The number of alkyl halides is 3. The summed E-state index contributed by atoms with van der Waals surface area (Å²) in [5.74, 6) is -0.155. The van der Waals surface area contributed by atoms with Crippen LogP contribution in [0.2, 0.25) is 0 Å². The van der Waals surface area contributed by atoms with E-state index in [-0.39, 0.29) is 23.6 Å². The van der Waals surface area contributed by atoms with Crippen LogP contribution >= 0.6 is 23.1 Å². The van der Waals surface area contributed by atoms with Gasteiger partial charge in [-0.25, -0.2) is 4.98 Å². The molecule has 5 nitrogen and oxygen atoms in total. The first kappa shape index (κ1) is 25.5. The Kier molecular flexibility index (Phi) is 6.66. The number of benzene rings is 1. The van der Waals surface area contributed by atoms with Gasteiger partial charge in [-0.2, -0.15) is 13.2 Å². The van der Waals surface area contributed by atoms with Crippen LogP contribution in [0.3, 0.4) is 0 Å². The third-order valence-corrected chi connectivity index (χ3v) is 8.76. The highest BCUT2D eigenvalue weighted by Crippen LogP contribution is 2.36. The lowest BCUT2D eigenvalue weighted by Crippen LogP contribution is -2.23. The molecule has 37 heavy (non-hydrogen) atoms. The summed E-state index contributed by atoms with van der Waals surface area (Å²) in [5, 5.41) is 1.14. The summed E-state index contributed by atoms with van der Waals surface area (Å²) in [6.07, 6.45) is 0.0584. The summed E-state index contributed by atoms with van der Waals surface area (Å²) >= 11 is 2.74. The summed E-state index contributed by atoms with van der Waals surface area (Å²) in [6.45, 7) is 7.52. The Morgan fingerprint density at radius 3 is 2.76 bits per heavy atom. The second kappa shape index (κ2) is 9.64. The molecule has 0 atom stereocenters. The first-order valence-corrected chi connectivity index (χ1v) is 13.6. The molecule has 0 saturated heterocycles. The second-order valence-electron chi connectivity index (χ2n) is 9.02. The van der Waals surface area contributed by atoms with Crippen molar-refractivity contribution in [1.82, 2.24) is 14.1 Å². The molecule has 0 saturated carbocycles. The standard InChI is InChI=1S/C27H24F3N3O2S2/c1-4-11-32-25(35)23-19-9-6-10-22(19)37-24(23)31-26(32)36-14-21(34)20-12-15(2)33(16(20)3)18-8-5-7-17(13-18)27(28,29)30/h4-5,7-8,12-13H,1,6,9-11,14H2,2-3H3. The zero-order valence-electron chi connectivity index (χ0n) is 20.3. The molecule has 1 aliphatic rings. The Bertz CT molecular complexity index is 1610. The Morgan fingerprint density at radius 1 is 1.24 bits per heavy atom. The second-order valence-corrected chi connectivity index (χ2v) is 11.0. The predicted octanol–water partition coefficient (Wildman–Crippen LogP) is 6.53. The molecule has 3 heterocycles. The van der Waals surface area contributed by atoms with Crippen LogP contribution in [-0.4, -0.2) is 25.7 Å². The molecule has 3 aromatic heterocycles. The molecule has 0 unspecified atom stereocenters. The van der Waals surface area contributed by atoms with Crippen molar-refractivity contribution in [3.8, 4) is 5.69 Å². The van der Waals surface area contributed by atoms with E-state index in [0.29, 0.717) is 38.0 Å². The molecule has 192 valence electrons. The van der Waals surface area contributed by atoms with Crippen molar-refractivity contribution < 1.29 is 18.0 Å². The molecule has 5 rings (SSSR count). The molecule has 0 spiro atoms. The van der Waals surface area contributed by atoms with Gasteiger partial charge in [0.25, 0.3) is 5.56 Å². The van der Waals surface area contributed by atoms with E-state index in [1.54, 1.807) is 52.5 Å². The molecule has 0 radical (unpaired) electrons. The number of nitrogens with zero attached hydrogens (tertiary/aromatic N) is 3. The van der Waals surface area contributed by atoms with E-state index >= 15 is 0 Å². The van der Waals surface area contributed by atoms with Crippen molar-refractivity contribution in [2.75, 3.05) is 5.75 Å².